The molecule has 1 fully saturated rings. The van der Waals surface area contributed by atoms with Gasteiger partial charge in [-0.05, 0) is 31.4 Å². The summed E-state index contributed by atoms with van der Waals surface area (Å²) in [7, 11) is 0. The van der Waals surface area contributed by atoms with Gasteiger partial charge in [-0.25, -0.2) is 4.79 Å². The molecule has 0 spiro atoms. The lowest BCUT2D eigenvalue weighted by Crippen LogP contribution is -2.47. The van der Waals surface area contributed by atoms with Crippen molar-refractivity contribution in [2.24, 2.45) is 0 Å². The molecular weight excluding hydrogens is 413 g/mol. The van der Waals surface area contributed by atoms with Crippen molar-refractivity contribution < 1.29 is 27.6 Å². The van der Waals surface area contributed by atoms with E-state index in [1.54, 1.807) is 6.92 Å². The Morgan fingerprint density at radius 1 is 1.23 bits per heavy atom. The number of nitrogens with zero attached hydrogens (tertiary/aromatic N) is 2. The Morgan fingerprint density at radius 3 is 2.58 bits per heavy atom. The summed E-state index contributed by atoms with van der Waals surface area (Å²) in [5.41, 5.74) is -0.554. The minimum Gasteiger partial charge on any atom is -0.353 e. The maximum atomic E-state index is 13.6. The molecule has 3 aliphatic rings. The van der Waals surface area contributed by atoms with Crippen LogP contribution in [0.3, 0.4) is 0 Å². The van der Waals surface area contributed by atoms with E-state index < -0.39 is 29.7 Å². The SMILES string of the molecule is CCN1C(=O)N[C@@H](c2ccccc2C(F)(F)F)C2=C1CN(CCC(=O)NC1CC1)C2=O. The number of nitrogens with one attached hydrogen (secondary N) is 2. The number of hydrogen-bond acceptors (Lipinski definition) is 3. The maximum Gasteiger partial charge on any atom is 0.416 e. The van der Waals surface area contributed by atoms with Crippen molar-refractivity contribution in [3.05, 3.63) is 46.7 Å². The third kappa shape index (κ3) is 4.11. The fourth-order valence-corrected chi connectivity index (χ4v) is 4.07. The topological polar surface area (TPSA) is 81.8 Å². The van der Waals surface area contributed by atoms with E-state index in [1.807, 2.05) is 0 Å². The van der Waals surface area contributed by atoms with Crippen molar-refractivity contribution in [3.63, 3.8) is 0 Å². The predicted molar refractivity (Wildman–Crippen MR) is 104 cm³/mol. The molecule has 0 aromatic heterocycles. The van der Waals surface area contributed by atoms with Gasteiger partial charge in [0, 0.05) is 25.6 Å². The minimum atomic E-state index is -4.63. The molecule has 0 unspecified atom stereocenters. The molecule has 0 bridgehead atoms. The predicted octanol–water partition coefficient (Wildman–Crippen LogP) is 2.56. The average molecular weight is 436 g/mol. The van der Waals surface area contributed by atoms with Crippen molar-refractivity contribution in [1.82, 2.24) is 20.4 Å². The van der Waals surface area contributed by atoms with Crippen LogP contribution in [0.25, 0.3) is 0 Å². The first kappa shape index (κ1) is 21.2. The molecule has 7 nitrogen and oxygen atoms in total. The van der Waals surface area contributed by atoms with Gasteiger partial charge in [-0.1, -0.05) is 18.2 Å². The molecule has 2 aliphatic heterocycles. The number of likely N-dealkylation sites (N-methyl/N-ethyl adjacent to an activating group) is 1. The Morgan fingerprint density at radius 2 is 1.94 bits per heavy atom. The molecule has 4 amide bonds. The van der Waals surface area contributed by atoms with Crippen molar-refractivity contribution in [3.8, 4) is 0 Å². The van der Waals surface area contributed by atoms with Gasteiger partial charge in [0.05, 0.1) is 29.4 Å². The van der Waals surface area contributed by atoms with Crippen LogP contribution >= 0.6 is 0 Å². The van der Waals surface area contributed by atoms with Crippen LogP contribution in [-0.2, 0) is 15.8 Å². The summed E-state index contributed by atoms with van der Waals surface area (Å²) in [6.07, 6.45) is -2.64. The second-order valence-electron chi connectivity index (χ2n) is 7.89. The molecule has 1 atom stereocenters. The Labute approximate surface area is 177 Å². The number of halogens is 3. The number of benzene rings is 1. The van der Waals surface area contributed by atoms with Crippen LogP contribution in [0.2, 0.25) is 0 Å². The van der Waals surface area contributed by atoms with Gasteiger partial charge >= 0.3 is 12.2 Å². The van der Waals surface area contributed by atoms with Crippen LogP contribution in [0.4, 0.5) is 18.0 Å². The lowest BCUT2D eigenvalue weighted by Gasteiger charge is -2.33. The number of amides is 4. The van der Waals surface area contributed by atoms with Crippen molar-refractivity contribution >= 4 is 17.8 Å². The first-order valence-corrected chi connectivity index (χ1v) is 10.3. The van der Waals surface area contributed by atoms with E-state index in [0.717, 1.165) is 18.9 Å². The van der Waals surface area contributed by atoms with Crippen molar-refractivity contribution in [1.29, 1.82) is 0 Å². The van der Waals surface area contributed by atoms with Crippen LogP contribution in [0.1, 0.15) is 43.4 Å². The lowest BCUT2D eigenvalue weighted by molar-refractivity contribution is -0.138. The van der Waals surface area contributed by atoms with E-state index in [4.69, 9.17) is 0 Å². The lowest BCUT2D eigenvalue weighted by atomic mass is 9.91. The monoisotopic (exact) mass is 436 g/mol. The van der Waals surface area contributed by atoms with E-state index >= 15 is 0 Å². The zero-order valence-electron chi connectivity index (χ0n) is 17.0. The van der Waals surface area contributed by atoms with Gasteiger partial charge in [0.1, 0.15) is 0 Å². The van der Waals surface area contributed by atoms with Gasteiger partial charge in [0.15, 0.2) is 0 Å². The molecule has 2 heterocycles. The zero-order chi connectivity index (χ0) is 22.3. The van der Waals surface area contributed by atoms with E-state index in [2.05, 4.69) is 10.6 Å². The molecule has 1 aromatic carbocycles. The summed E-state index contributed by atoms with van der Waals surface area (Å²) in [6, 6.07) is 3.37. The smallest absolute Gasteiger partial charge is 0.353 e. The van der Waals surface area contributed by atoms with E-state index in [0.29, 0.717) is 5.70 Å². The second-order valence-corrected chi connectivity index (χ2v) is 7.89. The summed E-state index contributed by atoms with van der Waals surface area (Å²) in [4.78, 5) is 40.6. The van der Waals surface area contributed by atoms with Crippen LogP contribution in [0.5, 0.6) is 0 Å². The van der Waals surface area contributed by atoms with Gasteiger partial charge < -0.3 is 15.5 Å². The highest BCUT2D eigenvalue weighted by Crippen LogP contribution is 2.41. The fourth-order valence-electron chi connectivity index (χ4n) is 4.07. The van der Waals surface area contributed by atoms with Crippen LogP contribution in [0.15, 0.2) is 35.5 Å². The first-order chi connectivity index (χ1) is 14.7. The maximum absolute atomic E-state index is 13.6. The van der Waals surface area contributed by atoms with Gasteiger partial charge in [-0.2, -0.15) is 13.2 Å². The largest absolute Gasteiger partial charge is 0.416 e. The minimum absolute atomic E-state index is 0.0802. The molecule has 0 saturated heterocycles. The summed E-state index contributed by atoms with van der Waals surface area (Å²) in [5.74, 6) is -0.629. The summed E-state index contributed by atoms with van der Waals surface area (Å²) >= 11 is 0. The van der Waals surface area contributed by atoms with Gasteiger partial charge in [-0.3, -0.25) is 14.5 Å². The highest BCUT2D eigenvalue weighted by Gasteiger charge is 2.46. The fraction of sp³-hybridized carbons (Fsp3) is 0.476. The Hall–Kier alpha value is -3.04. The van der Waals surface area contributed by atoms with Gasteiger partial charge in [0.25, 0.3) is 5.91 Å². The van der Waals surface area contributed by atoms with E-state index in [-0.39, 0.29) is 49.1 Å². The summed E-state index contributed by atoms with van der Waals surface area (Å²) in [6.45, 7) is 2.20. The van der Waals surface area contributed by atoms with Crippen LogP contribution in [-0.4, -0.2) is 53.3 Å². The number of alkyl halides is 3. The van der Waals surface area contributed by atoms with Gasteiger partial charge in [0.2, 0.25) is 5.91 Å². The highest BCUT2D eigenvalue weighted by atomic mass is 19.4. The van der Waals surface area contributed by atoms with Crippen molar-refractivity contribution in [2.75, 3.05) is 19.6 Å². The number of carbonyl (C=O) groups is 3. The number of urea groups is 1. The standard InChI is InChI=1S/C21H23F3N4O3/c1-2-28-15-11-27(10-9-16(29)25-12-7-8-12)19(30)17(15)18(26-20(28)31)13-5-3-4-6-14(13)21(22,23)24/h3-6,12,18H,2,7-11H2,1H3,(H,25,29)(H,26,31)/t18-/m0/s1. The second kappa shape index (κ2) is 7.90. The van der Waals surface area contributed by atoms with Crippen LogP contribution < -0.4 is 10.6 Å². The average Bonchev–Trinajstić information content (AvgIpc) is 3.47. The quantitative estimate of drug-likeness (QED) is 0.719. The zero-order valence-corrected chi connectivity index (χ0v) is 17.0. The molecule has 10 heteroatoms. The molecule has 166 valence electrons. The van der Waals surface area contributed by atoms with Crippen molar-refractivity contribution in [2.45, 2.75) is 44.4 Å². The highest BCUT2D eigenvalue weighted by molar-refractivity contribution is 6.01. The normalized spacial score (nSPS) is 21.4. The number of hydrogen-bond donors (Lipinski definition) is 2. The Kier molecular flexibility index (Phi) is 5.40. The number of rotatable bonds is 6. The molecule has 1 aliphatic carbocycles. The van der Waals surface area contributed by atoms with Crippen LogP contribution in [0, 0.1) is 0 Å². The molecule has 0 radical (unpaired) electrons. The molecule has 4 rings (SSSR count). The summed E-state index contributed by atoms with van der Waals surface area (Å²) < 4.78 is 40.8. The Balaban J connectivity index is 1.63. The first-order valence-electron chi connectivity index (χ1n) is 10.3. The molecule has 1 aromatic rings. The van der Waals surface area contributed by atoms with E-state index in [9.17, 15) is 27.6 Å². The molecule has 31 heavy (non-hydrogen) atoms. The molecule has 1 saturated carbocycles. The molecular formula is C21H23F3N4O3. The third-order valence-corrected chi connectivity index (χ3v) is 5.74. The Bertz CT molecular complexity index is 955. The number of carbonyl (C=O) groups excluding carboxylic acids is 3. The van der Waals surface area contributed by atoms with E-state index in [1.165, 1.54) is 28.0 Å². The van der Waals surface area contributed by atoms with Gasteiger partial charge in [-0.15, -0.1) is 0 Å². The third-order valence-electron chi connectivity index (χ3n) is 5.74. The molecule has 2 N–H and O–H groups in total. The summed E-state index contributed by atoms with van der Waals surface area (Å²) in [5, 5.41) is 5.42.